The Balaban J connectivity index is 2.80. The van der Waals surface area contributed by atoms with E-state index in [-0.39, 0.29) is 6.04 Å². The van der Waals surface area contributed by atoms with Crippen LogP contribution >= 0.6 is 11.3 Å². The van der Waals surface area contributed by atoms with Crippen LogP contribution in [0.1, 0.15) is 43.6 Å². The van der Waals surface area contributed by atoms with Gasteiger partial charge in [0.25, 0.3) is 0 Å². The van der Waals surface area contributed by atoms with Crippen LogP contribution in [0.2, 0.25) is 0 Å². The number of hydrogen-bond acceptors (Lipinski definition) is 4. The average Bonchev–Trinajstić information content (AvgIpc) is 2.61. The molecule has 1 amide bonds. The van der Waals surface area contributed by atoms with Crippen LogP contribution in [0.3, 0.4) is 0 Å². The van der Waals surface area contributed by atoms with Crippen molar-refractivity contribution in [2.45, 2.75) is 40.7 Å². The van der Waals surface area contributed by atoms with Crippen LogP contribution in [-0.4, -0.2) is 22.0 Å². The number of rotatable bonds is 4. The maximum absolute atomic E-state index is 12.1. The molecule has 0 radical (unpaired) electrons. The number of carboxylic acid groups (broad SMARTS) is 1. The maximum Gasteiger partial charge on any atom is 0.316 e. The zero-order chi connectivity index (χ0) is 14.8. The Morgan fingerprint density at radius 2 is 2.00 bits per heavy atom. The molecule has 6 heteroatoms. The Kier molecular flexibility index (Phi) is 4.68. The monoisotopic (exact) mass is 284 g/mol. The Morgan fingerprint density at radius 1 is 1.42 bits per heavy atom. The van der Waals surface area contributed by atoms with Crippen molar-refractivity contribution < 1.29 is 14.7 Å². The molecular weight excluding hydrogens is 264 g/mol. The second kappa shape index (κ2) is 5.69. The van der Waals surface area contributed by atoms with Crippen molar-refractivity contribution in [3.05, 3.63) is 16.1 Å². The van der Waals surface area contributed by atoms with Crippen molar-refractivity contribution in [2.24, 2.45) is 11.3 Å². The number of amides is 1. The van der Waals surface area contributed by atoms with Gasteiger partial charge in [0.1, 0.15) is 10.9 Å². The second-order valence-corrected chi connectivity index (χ2v) is 6.94. The molecule has 1 aromatic rings. The molecule has 0 saturated heterocycles. The van der Waals surface area contributed by atoms with Gasteiger partial charge in [0.05, 0.1) is 6.04 Å². The number of aryl methyl sites for hydroxylation is 1. The summed E-state index contributed by atoms with van der Waals surface area (Å²) in [4.78, 5) is 28.6. The second-order valence-electron chi connectivity index (χ2n) is 5.68. The van der Waals surface area contributed by atoms with Crippen LogP contribution in [0.25, 0.3) is 0 Å². The Bertz CT molecular complexity index is 476. The summed E-state index contributed by atoms with van der Waals surface area (Å²) in [7, 11) is 0. The number of carbonyl (C=O) groups is 2. The minimum atomic E-state index is -1.10. The van der Waals surface area contributed by atoms with Gasteiger partial charge in [-0.1, -0.05) is 20.8 Å². The molecule has 1 aromatic heterocycles. The van der Waals surface area contributed by atoms with E-state index in [4.69, 9.17) is 0 Å². The first-order valence-corrected chi connectivity index (χ1v) is 6.90. The number of carboxylic acids is 1. The topological polar surface area (TPSA) is 79.3 Å². The fourth-order valence-electron chi connectivity index (χ4n) is 1.81. The lowest BCUT2D eigenvalue weighted by atomic mass is 9.80. The van der Waals surface area contributed by atoms with Gasteiger partial charge in [-0.05, 0) is 19.3 Å². The van der Waals surface area contributed by atoms with Gasteiger partial charge in [0.2, 0.25) is 5.91 Å². The smallest absolute Gasteiger partial charge is 0.316 e. The van der Waals surface area contributed by atoms with Gasteiger partial charge in [-0.2, -0.15) is 0 Å². The van der Waals surface area contributed by atoms with Gasteiger partial charge in [0, 0.05) is 11.1 Å². The van der Waals surface area contributed by atoms with E-state index in [0.29, 0.717) is 0 Å². The fourth-order valence-corrected chi connectivity index (χ4v) is 2.58. The van der Waals surface area contributed by atoms with Crippen molar-refractivity contribution in [1.82, 2.24) is 10.3 Å². The van der Waals surface area contributed by atoms with Gasteiger partial charge in [-0.15, -0.1) is 11.3 Å². The van der Waals surface area contributed by atoms with E-state index < -0.39 is 23.2 Å². The molecular formula is C13H20N2O3S. The molecule has 0 bridgehead atoms. The van der Waals surface area contributed by atoms with Crippen molar-refractivity contribution in [1.29, 1.82) is 0 Å². The zero-order valence-corrected chi connectivity index (χ0v) is 12.7. The van der Waals surface area contributed by atoms with Crippen LogP contribution in [-0.2, 0) is 9.59 Å². The van der Waals surface area contributed by atoms with Gasteiger partial charge in [-0.25, -0.2) is 4.98 Å². The van der Waals surface area contributed by atoms with Gasteiger partial charge in [0.15, 0.2) is 0 Å². The number of nitrogens with zero attached hydrogens (tertiary/aromatic N) is 1. The van der Waals surface area contributed by atoms with Crippen LogP contribution in [0.5, 0.6) is 0 Å². The van der Waals surface area contributed by atoms with E-state index in [2.05, 4.69) is 10.3 Å². The van der Waals surface area contributed by atoms with E-state index in [1.807, 2.05) is 6.92 Å². The van der Waals surface area contributed by atoms with Gasteiger partial charge in [-0.3, -0.25) is 9.59 Å². The lowest BCUT2D eigenvalue weighted by Gasteiger charge is -2.27. The maximum atomic E-state index is 12.1. The van der Waals surface area contributed by atoms with E-state index in [1.54, 1.807) is 33.9 Å². The predicted octanol–water partition coefficient (Wildman–Crippen LogP) is 2.38. The summed E-state index contributed by atoms with van der Waals surface area (Å²) in [6, 6.07) is -0.282. The summed E-state index contributed by atoms with van der Waals surface area (Å²) >= 11 is 1.49. The summed E-state index contributed by atoms with van der Waals surface area (Å²) in [6.45, 7) is 8.96. The minimum Gasteiger partial charge on any atom is -0.481 e. The van der Waals surface area contributed by atoms with Crippen LogP contribution in [0.15, 0.2) is 6.20 Å². The molecule has 106 valence electrons. The fraction of sp³-hybridized carbons (Fsp3) is 0.615. The lowest BCUT2D eigenvalue weighted by molar-refractivity contribution is -0.151. The third kappa shape index (κ3) is 4.02. The average molecular weight is 284 g/mol. The quantitative estimate of drug-likeness (QED) is 0.832. The number of thiazole rings is 1. The highest BCUT2D eigenvalue weighted by Gasteiger charge is 2.38. The third-order valence-electron chi connectivity index (χ3n) is 2.74. The molecule has 0 aliphatic rings. The largest absolute Gasteiger partial charge is 0.481 e. The van der Waals surface area contributed by atoms with E-state index in [1.165, 1.54) is 11.3 Å². The van der Waals surface area contributed by atoms with Crippen LogP contribution in [0, 0.1) is 18.3 Å². The van der Waals surface area contributed by atoms with Crippen molar-refractivity contribution in [3.63, 3.8) is 0 Å². The molecule has 0 spiro atoms. The number of aromatic nitrogens is 1. The van der Waals surface area contributed by atoms with E-state index in [9.17, 15) is 14.7 Å². The Morgan fingerprint density at radius 3 is 2.37 bits per heavy atom. The first kappa shape index (κ1) is 15.6. The molecule has 19 heavy (non-hydrogen) atoms. The predicted molar refractivity (Wildman–Crippen MR) is 74.0 cm³/mol. The van der Waals surface area contributed by atoms with Crippen LogP contribution in [0.4, 0.5) is 0 Å². The normalized spacial score (nSPS) is 14.8. The molecule has 0 saturated carbocycles. The first-order chi connectivity index (χ1) is 8.62. The summed E-state index contributed by atoms with van der Waals surface area (Å²) in [5, 5.41) is 12.7. The highest BCUT2D eigenvalue weighted by Crippen LogP contribution is 2.27. The highest BCUT2D eigenvalue weighted by atomic mass is 32.1. The molecule has 2 N–H and O–H groups in total. The standard InChI is InChI=1S/C13H20N2O3S/c1-7-6-14-11(19-7)8(2)15-10(16)9(12(17)18)13(3,4)5/h6,8-9H,1-5H3,(H,15,16)(H,17,18). The van der Waals surface area contributed by atoms with E-state index >= 15 is 0 Å². The first-order valence-electron chi connectivity index (χ1n) is 6.08. The molecule has 2 unspecified atom stereocenters. The minimum absolute atomic E-state index is 0.282. The van der Waals surface area contributed by atoms with Crippen molar-refractivity contribution in [3.8, 4) is 0 Å². The number of carbonyl (C=O) groups excluding carboxylic acids is 1. The molecule has 2 atom stereocenters. The summed E-state index contributed by atoms with van der Waals surface area (Å²) in [5.41, 5.74) is -0.631. The molecule has 0 aromatic carbocycles. The molecule has 5 nitrogen and oxygen atoms in total. The summed E-state index contributed by atoms with van der Waals surface area (Å²) in [6.07, 6.45) is 1.74. The highest BCUT2D eigenvalue weighted by molar-refractivity contribution is 7.11. The van der Waals surface area contributed by atoms with Crippen molar-refractivity contribution in [2.75, 3.05) is 0 Å². The summed E-state index contributed by atoms with van der Waals surface area (Å²) < 4.78 is 0. The Labute approximate surface area is 117 Å². The molecule has 0 aliphatic heterocycles. The molecule has 0 aliphatic carbocycles. The third-order valence-corrected chi connectivity index (χ3v) is 3.84. The van der Waals surface area contributed by atoms with Gasteiger partial charge >= 0.3 is 5.97 Å². The van der Waals surface area contributed by atoms with E-state index in [0.717, 1.165) is 9.88 Å². The number of hydrogen-bond donors (Lipinski definition) is 2. The molecule has 1 rings (SSSR count). The summed E-state index contributed by atoms with van der Waals surface area (Å²) in [5.74, 6) is -2.65. The SMILES string of the molecule is Cc1cnc(C(C)NC(=O)C(C(=O)O)C(C)(C)C)s1. The van der Waals surface area contributed by atoms with Gasteiger partial charge < -0.3 is 10.4 Å². The number of aliphatic carboxylic acids is 1. The lowest BCUT2D eigenvalue weighted by Crippen LogP contribution is -2.43. The molecule has 1 heterocycles. The van der Waals surface area contributed by atoms with Crippen molar-refractivity contribution >= 4 is 23.2 Å². The molecule has 0 fully saturated rings. The Hall–Kier alpha value is -1.43. The zero-order valence-electron chi connectivity index (χ0n) is 11.9. The van der Waals surface area contributed by atoms with Crippen LogP contribution < -0.4 is 5.32 Å². The number of nitrogens with one attached hydrogen (secondary N) is 1.